The quantitative estimate of drug-likeness (QED) is 0.712. The van der Waals surface area contributed by atoms with Crippen molar-refractivity contribution in [2.24, 2.45) is 0 Å². The minimum Gasteiger partial charge on any atom is -0.490 e. The average molecular weight is 371 g/mol. The van der Waals surface area contributed by atoms with Gasteiger partial charge in [0.15, 0.2) is 18.1 Å². The SMILES string of the molecule is CCOc1ccc([C@@H](C)NC(=O)COc2c(C)cccc2C)cc1OCC. The molecular formula is C22H29NO4. The second-order valence-corrected chi connectivity index (χ2v) is 6.37. The molecule has 0 aliphatic rings. The first-order valence-corrected chi connectivity index (χ1v) is 9.34. The number of rotatable bonds is 9. The van der Waals surface area contributed by atoms with Crippen molar-refractivity contribution in [1.29, 1.82) is 0 Å². The van der Waals surface area contributed by atoms with Gasteiger partial charge >= 0.3 is 0 Å². The van der Waals surface area contributed by atoms with Crippen LogP contribution in [0.2, 0.25) is 0 Å². The van der Waals surface area contributed by atoms with Gasteiger partial charge in [-0.3, -0.25) is 4.79 Å². The van der Waals surface area contributed by atoms with Gasteiger partial charge in [-0.25, -0.2) is 0 Å². The maximum absolute atomic E-state index is 12.3. The molecule has 5 nitrogen and oxygen atoms in total. The molecule has 0 aliphatic carbocycles. The van der Waals surface area contributed by atoms with Crippen LogP contribution >= 0.6 is 0 Å². The number of aryl methyl sites for hydroxylation is 2. The molecule has 2 aromatic rings. The van der Waals surface area contributed by atoms with Gasteiger partial charge in [0.1, 0.15) is 5.75 Å². The van der Waals surface area contributed by atoms with E-state index in [-0.39, 0.29) is 18.6 Å². The topological polar surface area (TPSA) is 56.8 Å². The lowest BCUT2D eigenvalue weighted by molar-refractivity contribution is -0.123. The van der Waals surface area contributed by atoms with Gasteiger partial charge in [0, 0.05) is 0 Å². The van der Waals surface area contributed by atoms with Crippen LogP contribution in [0.4, 0.5) is 0 Å². The third-order valence-electron chi connectivity index (χ3n) is 4.20. The van der Waals surface area contributed by atoms with Gasteiger partial charge in [-0.1, -0.05) is 24.3 Å². The summed E-state index contributed by atoms with van der Waals surface area (Å²) >= 11 is 0. The van der Waals surface area contributed by atoms with Crippen molar-refractivity contribution in [3.8, 4) is 17.2 Å². The van der Waals surface area contributed by atoms with Gasteiger partial charge < -0.3 is 19.5 Å². The van der Waals surface area contributed by atoms with E-state index < -0.39 is 0 Å². The molecule has 0 unspecified atom stereocenters. The van der Waals surface area contributed by atoms with E-state index >= 15 is 0 Å². The van der Waals surface area contributed by atoms with Crippen molar-refractivity contribution in [1.82, 2.24) is 5.32 Å². The summed E-state index contributed by atoms with van der Waals surface area (Å²) in [5, 5.41) is 2.97. The number of hydrogen-bond acceptors (Lipinski definition) is 4. The molecule has 0 saturated carbocycles. The number of amides is 1. The molecule has 1 atom stereocenters. The molecule has 0 aromatic heterocycles. The Bertz CT molecular complexity index is 753. The molecule has 0 radical (unpaired) electrons. The molecular weight excluding hydrogens is 342 g/mol. The van der Waals surface area contributed by atoms with Gasteiger partial charge in [-0.2, -0.15) is 0 Å². The molecule has 0 spiro atoms. The zero-order valence-electron chi connectivity index (χ0n) is 16.8. The molecule has 5 heteroatoms. The maximum Gasteiger partial charge on any atom is 0.258 e. The molecule has 0 bridgehead atoms. The number of hydrogen-bond donors (Lipinski definition) is 1. The van der Waals surface area contributed by atoms with Gasteiger partial charge in [0.2, 0.25) is 0 Å². The number of carbonyl (C=O) groups excluding carboxylic acids is 1. The van der Waals surface area contributed by atoms with Crippen LogP contribution in [0.3, 0.4) is 0 Å². The highest BCUT2D eigenvalue weighted by Crippen LogP contribution is 2.30. The summed E-state index contributed by atoms with van der Waals surface area (Å²) in [7, 11) is 0. The van der Waals surface area contributed by atoms with Crippen LogP contribution in [0.15, 0.2) is 36.4 Å². The van der Waals surface area contributed by atoms with Crippen molar-refractivity contribution >= 4 is 5.91 Å². The van der Waals surface area contributed by atoms with E-state index in [1.165, 1.54) is 0 Å². The largest absolute Gasteiger partial charge is 0.490 e. The van der Waals surface area contributed by atoms with Gasteiger partial charge in [-0.15, -0.1) is 0 Å². The van der Waals surface area contributed by atoms with Crippen LogP contribution in [0, 0.1) is 13.8 Å². The van der Waals surface area contributed by atoms with Crippen LogP contribution in [0.25, 0.3) is 0 Å². The third-order valence-corrected chi connectivity index (χ3v) is 4.20. The van der Waals surface area contributed by atoms with Crippen LogP contribution in [0.5, 0.6) is 17.2 Å². The van der Waals surface area contributed by atoms with Crippen LogP contribution < -0.4 is 19.5 Å². The fourth-order valence-corrected chi connectivity index (χ4v) is 2.87. The summed E-state index contributed by atoms with van der Waals surface area (Å²) in [5.41, 5.74) is 2.98. The lowest BCUT2D eigenvalue weighted by atomic mass is 10.1. The third kappa shape index (κ3) is 5.64. The summed E-state index contributed by atoms with van der Waals surface area (Å²) in [4.78, 5) is 12.3. The summed E-state index contributed by atoms with van der Waals surface area (Å²) in [6.45, 7) is 10.8. The number of para-hydroxylation sites is 1. The molecule has 2 rings (SSSR count). The van der Waals surface area contributed by atoms with Crippen molar-refractivity contribution in [2.75, 3.05) is 19.8 Å². The first kappa shape index (κ1) is 20.6. The lowest BCUT2D eigenvalue weighted by Gasteiger charge is -2.18. The first-order chi connectivity index (χ1) is 13.0. The summed E-state index contributed by atoms with van der Waals surface area (Å²) in [6, 6.07) is 11.5. The minimum atomic E-state index is -0.172. The van der Waals surface area contributed by atoms with E-state index in [2.05, 4.69) is 5.32 Å². The molecule has 0 heterocycles. The normalized spacial score (nSPS) is 11.6. The fraction of sp³-hybridized carbons (Fsp3) is 0.409. The van der Waals surface area contributed by atoms with Crippen molar-refractivity contribution < 1.29 is 19.0 Å². The minimum absolute atomic E-state index is 0.0224. The van der Waals surface area contributed by atoms with Crippen LogP contribution in [-0.2, 0) is 4.79 Å². The standard InChI is InChI=1S/C22H29NO4/c1-6-25-19-12-11-18(13-20(19)26-7-2)17(5)23-21(24)14-27-22-15(3)9-8-10-16(22)4/h8-13,17H,6-7,14H2,1-5H3,(H,23,24)/t17-/m1/s1. The van der Waals surface area contributed by atoms with Crippen LogP contribution in [0.1, 0.15) is 43.5 Å². The second kappa shape index (κ2) is 9.86. The molecule has 0 aliphatic heterocycles. The smallest absolute Gasteiger partial charge is 0.258 e. The molecule has 1 amide bonds. The summed E-state index contributed by atoms with van der Waals surface area (Å²) in [6.07, 6.45) is 0. The predicted octanol–water partition coefficient (Wildman–Crippen LogP) is 4.36. The Kier molecular flexibility index (Phi) is 7.53. The van der Waals surface area contributed by atoms with E-state index in [1.54, 1.807) is 0 Å². The highest BCUT2D eigenvalue weighted by Gasteiger charge is 2.14. The average Bonchev–Trinajstić information content (AvgIpc) is 2.63. The van der Waals surface area contributed by atoms with E-state index in [4.69, 9.17) is 14.2 Å². The summed E-state index contributed by atoms with van der Waals surface area (Å²) in [5.74, 6) is 1.99. The van der Waals surface area contributed by atoms with Crippen molar-refractivity contribution in [2.45, 2.75) is 40.7 Å². The Hall–Kier alpha value is -2.69. The molecule has 146 valence electrons. The van der Waals surface area contributed by atoms with E-state index in [0.717, 1.165) is 22.4 Å². The molecule has 0 saturated heterocycles. The Morgan fingerprint density at radius 3 is 2.22 bits per heavy atom. The number of nitrogens with one attached hydrogen (secondary N) is 1. The Labute approximate surface area is 161 Å². The molecule has 27 heavy (non-hydrogen) atoms. The van der Waals surface area contributed by atoms with E-state index in [9.17, 15) is 4.79 Å². The molecule has 1 N–H and O–H groups in total. The highest BCUT2D eigenvalue weighted by atomic mass is 16.5. The molecule has 0 fully saturated rings. The second-order valence-electron chi connectivity index (χ2n) is 6.37. The first-order valence-electron chi connectivity index (χ1n) is 9.34. The maximum atomic E-state index is 12.3. The van der Waals surface area contributed by atoms with Gasteiger partial charge in [0.25, 0.3) is 5.91 Å². The molecule has 2 aromatic carbocycles. The Morgan fingerprint density at radius 2 is 1.59 bits per heavy atom. The van der Waals surface area contributed by atoms with Crippen LogP contribution in [-0.4, -0.2) is 25.7 Å². The highest BCUT2D eigenvalue weighted by molar-refractivity contribution is 5.78. The predicted molar refractivity (Wildman–Crippen MR) is 107 cm³/mol. The van der Waals surface area contributed by atoms with Crippen molar-refractivity contribution in [3.63, 3.8) is 0 Å². The zero-order valence-corrected chi connectivity index (χ0v) is 16.8. The lowest BCUT2D eigenvalue weighted by Crippen LogP contribution is -2.31. The Balaban J connectivity index is 2.00. The zero-order chi connectivity index (χ0) is 19.8. The number of benzene rings is 2. The number of carbonyl (C=O) groups is 1. The summed E-state index contributed by atoms with van der Waals surface area (Å²) < 4.78 is 17.0. The van der Waals surface area contributed by atoms with E-state index in [0.29, 0.717) is 24.7 Å². The van der Waals surface area contributed by atoms with E-state index in [1.807, 2.05) is 71.0 Å². The van der Waals surface area contributed by atoms with Gasteiger partial charge in [-0.05, 0) is 63.4 Å². The van der Waals surface area contributed by atoms with Crippen molar-refractivity contribution in [3.05, 3.63) is 53.1 Å². The van der Waals surface area contributed by atoms with Gasteiger partial charge in [0.05, 0.1) is 19.3 Å². The Morgan fingerprint density at radius 1 is 0.963 bits per heavy atom. The fourth-order valence-electron chi connectivity index (χ4n) is 2.87. The number of ether oxygens (including phenoxy) is 3. The monoisotopic (exact) mass is 371 g/mol.